The summed E-state index contributed by atoms with van der Waals surface area (Å²) in [6, 6.07) is 35.4. The highest BCUT2D eigenvalue weighted by Gasteiger charge is 2.47. The SMILES string of the molecule is CC(NC(=O)OCc1ccc([N+](=O)[O-])cc1)S[C@@H]1NC(=O)[C@H]1NC(c1ccccc1)(c1ccccc1)c1ccccc1. The molecule has 1 heterocycles. The number of rotatable bonds is 11. The molecular weight excluding hydrogens is 552 g/mol. The van der Waals surface area contributed by atoms with Crippen LogP contribution in [0.4, 0.5) is 10.5 Å². The molecule has 0 bridgehead atoms. The second kappa shape index (κ2) is 12.9. The first kappa shape index (κ1) is 28.8. The summed E-state index contributed by atoms with van der Waals surface area (Å²) in [5, 5.41) is 19.6. The molecule has 5 rings (SSSR count). The van der Waals surface area contributed by atoms with Crippen molar-refractivity contribution in [1.29, 1.82) is 0 Å². The maximum absolute atomic E-state index is 13.0. The zero-order valence-electron chi connectivity index (χ0n) is 22.8. The van der Waals surface area contributed by atoms with Crippen molar-refractivity contribution in [2.75, 3.05) is 0 Å². The first-order valence-electron chi connectivity index (χ1n) is 13.4. The second-order valence-electron chi connectivity index (χ2n) is 9.82. The van der Waals surface area contributed by atoms with E-state index in [1.54, 1.807) is 12.1 Å². The van der Waals surface area contributed by atoms with Gasteiger partial charge in [-0.3, -0.25) is 20.2 Å². The predicted molar refractivity (Wildman–Crippen MR) is 162 cm³/mol. The molecule has 0 saturated carbocycles. The van der Waals surface area contributed by atoms with Gasteiger partial charge in [0, 0.05) is 12.1 Å². The van der Waals surface area contributed by atoms with E-state index in [9.17, 15) is 19.7 Å². The van der Waals surface area contributed by atoms with Gasteiger partial charge in [0.25, 0.3) is 5.69 Å². The van der Waals surface area contributed by atoms with Crippen LogP contribution >= 0.6 is 11.8 Å². The van der Waals surface area contributed by atoms with Gasteiger partial charge in [-0.05, 0) is 41.3 Å². The fraction of sp³-hybridized carbons (Fsp3) is 0.188. The normalized spacial score (nSPS) is 16.9. The number of hydrogen-bond acceptors (Lipinski definition) is 7. The summed E-state index contributed by atoms with van der Waals surface area (Å²) in [5.41, 5.74) is 2.76. The molecule has 4 aromatic rings. The van der Waals surface area contributed by atoms with Gasteiger partial charge in [-0.15, -0.1) is 11.8 Å². The minimum absolute atomic E-state index is 0.0285. The van der Waals surface area contributed by atoms with Crippen LogP contribution in [0.2, 0.25) is 0 Å². The molecule has 1 aliphatic rings. The highest BCUT2D eigenvalue weighted by molar-refractivity contribution is 8.00. The van der Waals surface area contributed by atoms with Crippen molar-refractivity contribution in [3.05, 3.63) is 148 Å². The van der Waals surface area contributed by atoms with E-state index in [0.717, 1.165) is 16.7 Å². The Morgan fingerprint density at radius 2 is 1.40 bits per heavy atom. The summed E-state index contributed by atoms with van der Waals surface area (Å²) >= 11 is 1.40. The van der Waals surface area contributed by atoms with Crippen molar-refractivity contribution in [3.63, 3.8) is 0 Å². The number of nitrogens with one attached hydrogen (secondary N) is 3. The van der Waals surface area contributed by atoms with E-state index < -0.39 is 22.6 Å². The number of β-lactam (4-membered cyclic amide) rings is 1. The Labute approximate surface area is 247 Å². The number of benzene rings is 4. The number of carbonyl (C=O) groups is 2. The number of ether oxygens (including phenoxy) is 1. The molecular formula is C32H30N4O5S. The topological polar surface area (TPSA) is 123 Å². The van der Waals surface area contributed by atoms with E-state index in [1.165, 1.54) is 23.9 Å². The minimum atomic E-state index is -0.814. The zero-order chi connectivity index (χ0) is 29.5. The van der Waals surface area contributed by atoms with E-state index in [2.05, 4.69) is 52.3 Å². The molecule has 4 aromatic carbocycles. The van der Waals surface area contributed by atoms with Crippen molar-refractivity contribution < 1.29 is 19.2 Å². The van der Waals surface area contributed by atoms with Gasteiger partial charge in [0.2, 0.25) is 5.91 Å². The molecule has 214 valence electrons. The molecule has 42 heavy (non-hydrogen) atoms. The van der Waals surface area contributed by atoms with Gasteiger partial charge in [-0.2, -0.15) is 0 Å². The molecule has 0 spiro atoms. The Balaban J connectivity index is 1.30. The van der Waals surface area contributed by atoms with Crippen LogP contribution in [-0.2, 0) is 21.7 Å². The number of non-ortho nitro benzene ring substituents is 1. The van der Waals surface area contributed by atoms with E-state index in [-0.39, 0.29) is 28.9 Å². The lowest BCUT2D eigenvalue weighted by atomic mass is 9.76. The number of amides is 2. The van der Waals surface area contributed by atoms with Crippen molar-refractivity contribution in [1.82, 2.24) is 16.0 Å². The summed E-state index contributed by atoms with van der Waals surface area (Å²) in [7, 11) is 0. The highest BCUT2D eigenvalue weighted by atomic mass is 32.2. The number of nitro groups is 1. The Hall–Kier alpha value is -4.67. The van der Waals surface area contributed by atoms with Gasteiger partial charge >= 0.3 is 6.09 Å². The minimum Gasteiger partial charge on any atom is -0.445 e. The number of hydrogen-bond donors (Lipinski definition) is 3. The van der Waals surface area contributed by atoms with E-state index in [4.69, 9.17) is 4.74 Å². The summed E-state index contributed by atoms with van der Waals surface area (Å²) in [6.45, 7) is 1.79. The van der Waals surface area contributed by atoms with Gasteiger partial charge in [0.15, 0.2) is 0 Å². The van der Waals surface area contributed by atoms with Crippen LogP contribution in [0.1, 0.15) is 29.2 Å². The maximum Gasteiger partial charge on any atom is 0.408 e. The average molecular weight is 583 g/mol. The predicted octanol–water partition coefficient (Wildman–Crippen LogP) is 5.31. The third-order valence-corrected chi connectivity index (χ3v) is 8.26. The molecule has 10 heteroatoms. The van der Waals surface area contributed by atoms with Gasteiger partial charge in [0.05, 0.1) is 15.8 Å². The summed E-state index contributed by atoms with van der Waals surface area (Å²) < 4.78 is 5.30. The lowest BCUT2D eigenvalue weighted by Crippen LogP contribution is -2.71. The lowest BCUT2D eigenvalue weighted by Gasteiger charge is -2.46. The molecule has 0 aliphatic carbocycles. The van der Waals surface area contributed by atoms with Crippen LogP contribution in [0.5, 0.6) is 0 Å². The van der Waals surface area contributed by atoms with Crippen LogP contribution in [0.25, 0.3) is 0 Å². The maximum atomic E-state index is 13.0. The molecule has 2 amide bonds. The van der Waals surface area contributed by atoms with Crippen molar-refractivity contribution >= 4 is 29.4 Å². The molecule has 9 nitrogen and oxygen atoms in total. The Morgan fingerprint density at radius 3 is 1.86 bits per heavy atom. The zero-order valence-corrected chi connectivity index (χ0v) is 23.6. The van der Waals surface area contributed by atoms with E-state index >= 15 is 0 Å². The van der Waals surface area contributed by atoms with Crippen molar-refractivity contribution in [2.45, 2.75) is 35.9 Å². The Morgan fingerprint density at radius 1 is 0.905 bits per heavy atom. The van der Waals surface area contributed by atoms with Crippen molar-refractivity contribution in [2.24, 2.45) is 0 Å². The summed E-state index contributed by atoms with van der Waals surface area (Å²) in [6.07, 6.45) is -0.629. The first-order valence-corrected chi connectivity index (χ1v) is 14.4. The van der Waals surface area contributed by atoms with Gasteiger partial charge < -0.3 is 15.4 Å². The van der Waals surface area contributed by atoms with Crippen LogP contribution in [0.15, 0.2) is 115 Å². The van der Waals surface area contributed by atoms with Crippen LogP contribution in [0, 0.1) is 10.1 Å². The molecule has 0 radical (unpaired) electrons. The highest BCUT2D eigenvalue weighted by Crippen LogP contribution is 2.39. The van der Waals surface area contributed by atoms with E-state index in [0.29, 0.717) is 5.56 Å². The smallest absolute Gasteiger partial charge is 0.408 e. The first-order chi connectivity index (χ1) is 20.4. The molecule has 1 unspecified atom stereocenters. The van der Waals surface area contributed by atoms with Crippen molar-refractivity contribution in [3.8, 4) is 0 Å². The average Bonchev–Trinajstić information content (AvgIpc) is 3.02. The second-order valence-corrected chi connectivity index (χ2v) is 11.3. The molecule has 1 saturated heterocycles. The standard InChI is InChI=1S/C32H30N4O5S/c1-22(33-31(38)41-21-23-17-19-27(20-18-23)36(39)40)42-30-28(29(37)34-30)35-32(24-11-5-2-6-12-24,25-13-7-3-8-14-25)26-15-9-4-10-16-26/h2-20,22,28,30,35H,21H2,1H3,(H,33,38)(H,34,37)/t22?,28-,30+/m1/s1. The van der Waals surface area contributed by atoms with Gasteiger partial charge in [-0.25, -0.2) is 4.79 Å². The number of nitro benzene ring substituents is 1. The quantitative estimate of drug-likeness (QED) is 0.0721. The number of alkyl carbamates (subject to hydrolysis) is 1. The summed E-state index contributed by atoms with van der Waals surface area (Å²) in [5.74, 6) is -0.132. The fourth-order valence-corrected chi connectivity index (χ4v) is 6.12. The third kappa shape index (κ3) is 6.29. The largest absolute Gasteiger partial charge is 0.445 e. The van der Waals surface area contributed by atoms with Crippen LogP contribution < -0.4 is 16.0 Å². The molecule has 3 N–H and O–H groups in total. The van der Waals surface area contributed by atoms with Crippen LogP contribution in [-0.4, -0.2) is 33.7 Å². The number of carbonyl (C=O) groups excluding carboxylic acids is 2. The molecule has 1 aliphatic heterocycles. The monoisotopic (exact) mass is 582 g/mol. The van der Waals surface area contributed by atoms with Crippen LogP contribution in [0.3, 0.4) is 0 Å². The number of nitrogens with zero attached hydrogens (tertiary/aromatic N) is 1. The molecule has 1 fully saturated rings. The Kier molecular flexibility index (Phi) is 8.85. The third-order valence-electron chi connectivity index (χ3n) is 7.05. The number of thioether (sulfide) groups is 1. The molecule has 3 atom stereocenters. The van der Waals surface area contributed by atoms with Gasteiger partial charge in [0.1, 0.15) is 18.0 Å². The Bertz CT molecular complexity index is 1420. The van der Waals surface area contributed by atoms with E-state index in [1.807, 2.05) is 61.5 Å². The summed E-state index contributed by atoms with van der Waals surface area (Å²) in [4.78, 5) is 35.8. The lowest BCUT2D eigenvalue weighted by molar-refractivity contribution is -0.384. The fourth-order valence-electron chi connectivity index (χ4n) is 4.98. The van der Waals surface area contributed by atoms with Gasteiger partial charge in [-0.1, -0.05) is 91.0 Å². The molecule has 0 aromatic heterocycles.